The van der Waals surface area contributed by atoms with Crippen LogP contribution in [-0.2, 0) is 0 Å². The second-order valence-electron chi connectivity index (χ2n) is 3.25. The molecule has 0 aliphatic carbocycles. The Balaban J connectivity index is 2.73. The highest BCUT2D eigenvalue weighted by atomic mass is 35.5. The molecule has 0 bridgehead atoms. The van der Waals surface area contributed by atoms with Crippen molar-refractivity contribution in [1.82, 2.24) is 0 Å². The first-order valence-electron chi connectivity index (χ1n) is 4.56. The number of benzene rings is 1. The summed E-state index contributed by atoms with van der Waals surface area (Å²) < 4.78 is 5.61. The van der Waals surface area contributed by atoms with E-state index < -0.39 is 0 Å². The van der Waals surface area contributed by atoms with Crippen molar-refractivity contribution in [3.63, 3.8) is 0 Å². The zero-order chi connectivity index (χ0) is 9.84. The summed E-state index contributed by atoms with van der Waals surface area (Å²) in [6.45, 7) is 6.13. The van der Waals surface area contributed by atoms with Crippen LogP contribution in [0, 0.1) is 6.92 Å². The highest BCUT2D eigenvalue weighted by Gasteiger charge is 2.02. The van der Waals surface area contributed by atoms with E-state index in [0.29, 0.717) is 0 Å². The van der Waals surface area contributed by atoms with Gasteiger partial charge in [0.15, 0.2) is 0 Å². The number of ether oxygens (including phenoxy) is 1. The highest BCUT2D eigenvalue weighted by Crippen LogP contribution is 2.22. The zero-order valence-electron chi connectivity index (χ0n) is 8.30. The Hall–Kier alpha value is -0.690. The first kappa shape index (κ1) is 10.4. The molecule has 0 radical (unpaired) electrons. The van der Waals surface area contributed by atoms with Gasteiger partial charge in [-0.15, -0.1) is 0 Å². The molecule has 0 aliphatic rings. The van der Waals surface area contributed by atoms with Crippen molar-refractivity contribution in [2.45, 2.75) is 33.3 Å². The molecule has 1 atom stereocenters. The van der Waals surface area contributed by atoms with Gasteiger partial charge in [0.1, 0.15) is 5.75 Å². The van der Waals surface area contributed by atoms with Crippen molar-refractivity contribution < 1.29 is 4.74 Å². The lowest BCUT2D eigenvalue weighted by molar-refractivity contribution is 0.217. The molecule has 72 valence electrons. The molecular formula is C11H15ClO. The topological polar surface area (TPSA) is 9.23 Å². The summed E-state index contributed by atoms with van der Waals surface area (Å²) in [6.07, 6.45) is 1.25. The molecule has 0 heterocycles. The molecule has 1 rings (SSSR count). The minimum atomic E-state index is 0.249. The molecule has 0 saturated heterocycles. The molecule has 0 N–H and O–H groups in total. The summed E-state index contributed by atoms with van der Waals surface area (Å²) in [5, 5.41) is 0.765. The predicted octanol–water partition coefficient (Wildman–Crippen LogP) is 3.83. The van der Waals surface area contributed by atoms with Gasteiger partial charge < -0.3 is 4.74 Å². The largest absolute Gasteiger partial charge is 0.491 e. The van der Waals surface area contributed by atoms with Gasteiger partial charge in [-0.2, -0.15) is 0 Å². The summed E-state index contributed by atoms with van der Waals surface area (Å²) in [5.41, 5.74) is 1.08. The van der Waals surface area contributed by atoms with Crippen LogP contribution in [0.1, 0.15) is 25.8 Å². The normalized spacial score (nSPS) is 12.6. The van der Waals surface area contributed by atoms with E-state index in [9.17, 15) is 0 Å². The minimum Gasteiger partial charge on any atom is -0.491 e. The molecule has 1 aromatic rings. The maximum Gasteiger partial charge on any atom is 0.121 e. The van der Waals surface area contributed by atoms with Gasteiger partial charge in [-0.1, -0.05) is 24.6 Å². The molecule has 2 heteroatoms. The molecule has 0 saturated carbocycles. The Bertz CT molecular complexity index is 283. The predicted molar refractivity (Wildman–Crippen MR) is 56.6 cm³/mol. The van der Waals surface area contributed by atoms with Crippen molar-refractivity contribution in [2.75, 3.05) is 0 Å². The standard InChI is InChI=1S/C11H15ClO/c1-4-9(3)13-10-6-5-8(2)11(12)7-10/h5-7,9H,4H2,1-3H3. The summed E-state index contributed by atoms with van der Waals surface area (Å²) in [7, 11) is 0. The molecule has 0 spiro atoms. The van der Waals surface area contributed by atoms with Gasteiger partial charge in [-0.05, 0) is 38.0 Å². The van der Waals surface area contributed by atoms with E-state index in [0.717, 1.165) is 22.8 Å². The molecular weight excluding hydrogens is 184 g/mol. The molecule has 1 unspecified atom stereocenters. The molecule has 0 aliphatic heterocycles. The second kappa shape index (κ2) is 4.52. The lowest BCUT2D eigenvalue weighted by Crippen LogP contribution is -2.09. The third-order valence-corrected chi connectivity index (χ3v) is 2.46. The van der Waals surface area contributed by atoms with Crippen LogP contribution in [0.2, 0.25) is 5.02 Å². The average Bonchev–Trinajstić information content (AvgIpc) is 2.11. The maximum absolute atomic E-state index is 5.96. The van der Waals surface area contributed by atoms with Crippen molar-refractivity contribution >= 4 is 11.6 Å². The quantitative estimate of drug-likeness (QED) is 0.718. The van der Waals surface area contributed by atoms with Gasteiger partial charge in [0.2, 0.25) is 0 Å². The third kappa shape index (κ3) is 2.92. The Morgan fingerprint density at radius 2 is 2.15 bits per heavy atom. The van der Waals surface area contributed by atoms with Gasteiger partial charge in [0, 0.05) is 5.02 Å². The van der Waals surface area contributed by atoms with E-state index in [4.69, 9.17) is 16.3 Å². The van der Waals surface area contributed by atoms with Gasteiger partial charge in [0.25, 0.3) is 0 Å². The number of aryl methyl sites for hydroxylation is 1. The van der Waals surface area contributed by atoms with Crippen LogP contribution in [-0.4, -0.2) is 6.10 Å². The molecule has 0 fully saturated rings. The van der Waals surface area contributed by atoms with Crippen LogP contribution < -0.4 is 4.74 Å². The van der Waals surface area contributed by atoms with E-state index in [1.54, 1.807) is 0 Å². The first-order chi connectivity index (χ1) is 6.13. The van der Waals surface area contributed by atoms with Crippen LogP contribution in [0.4, 0.5) is 0 Å². The van der Waals surface area contributed by atoms with E-state index in [1.165, 1.54) is 0 Å². The number of hydrogen-bond acceptors (Lipinski definition) is 1. The molecule has 0 amide bonds. The van der Waals surface area contributed by atoms with Gasteiger partial charge in [0.05, 0.1) is 6.10 Å². The van der Waals surface area contributed by atoms with Crippen molar-refractivity contribution in [3.05, 3.63) is 28.8 Å². The van der Waals surface area contributed by atoms with E-state index >= 15 is 0 Å². The molecule has 1 aromatic carbocycles. The van der Waals surface area contributed by atoms with Crippen molar-refractivity contribution in [3.8, 4) is 5.75 Å². The number of halogens is 1. The summed E-state index contributed by atoms with van der Waals surface area (Å²) in [4.78, 5) is 0. The van der Waals surface area contributed by atoms with Crippen molar-refractivity contribution in [1.29, 1.82) is 0 Å². The second-order valence-corrected chi connectivity index (χ2v) is 3.65. The lowest BCUT2D eigenvalue weighted by atomic mass is 10.2. The third-order valence-electron chi connectivity index (χ3n) is 2.06. The Morgan fingerprint density at radius 1 is 1.46 bits per heavy atom. The summed E-state index contributed by atoms with van der Waals surface area (Å²) in [5.74, 6) is 0.852. The monoisotopic (exact) mass is 198 g/mol. The molecule has 13 heavy (non-hydrogen) atoms. The average molecular weight is 199 g/mol. The van der Waals surface area contributed by atoms with Crippen LogP contribution in [0.5, 0.6) is 5.75 Å². The van der Waals surface area contributed by atoms with E-state index in [-0.39, 0.29) is 6.10 Å². The minimum absolute atomic E-state index is 0.249. The Labute approximate surface area is 84.7 Å². The zero-order valence-corrected chi connectivity index (χ0v) is 9.06. The lowest BCUT2D eigenvalue weighted by Gasteiger charge is -2.12. The van der Waals surface area contributed by atoms with Gasteiger partial charge in [-0.3, -0.25) is 0 Å². The summed E-state index contributed by atoms with van der Waals surface area (Å²) >= 11 is 5.96. The number of rotatable bonds is 3. The molecule has 1 nitrogen and oxygen atoms in total. The highest BCUT2D eigenvalue weighted by molar-refractivity contribution is 6.31. The summed E-state index contributed by atoms with van der Waals surface area (Å²) in [6, 6.07) is 5.79. The van der Waals surface area contributed by atoms with Crippen LogP contribution in [0.25, 0.3) is 0 Å². The SMILES string of the molecule is CCC(C)Oc1ccc(C)c(Cl)c1. The number of hydrogen-bond donors (Lipinski definition) is 0. The first-order valence-corrected chi connectivity index (χ1v) is 4.94. The van der Waals surface area contributed by atoms with Gasteiger partial charge in [-0.25, -0.2) is 0 Å². The fourth-order valence-corrected chi connectivity index (χ4v) is 1.13. The van der Waals surface area contributed by atoms with Crippen LogP contribution >= 0.6 is 11.6 Å². The molecule has 0 aromatic heterocycles. The van der Waals surface area contributed by atoms with E-state index in [1.807, 2.05) is 32.0 Å². The Morgan fingerprint density at radius 3 is 2.69 bits per heavy atom. The van der Waals surface area contributed by atoms with Crippen LogP contribution in [0.3, 0.4) is 0 Å². The van der Waals surface area contributed by atoms with E-state index in [2.05, 4.69) is 6.92 Å². The Kier molecular flexibility index (Phi) is 3.61. The van der Waals surface area contributed by atoms with Gasteiger partial charge >= 0.3 is 0 Å². The fourth-order valence-electron chi connectivity index (χ4n) is 0.963. The van der Waals surface area contributed by atoms with Crippen LogP contribution in [0.15, 0.2) is 18.2 Å². The smallest absolute Gasteiger partial charge is 0.121 e. The van der Waals surface area contributed by atoms with Crippen molar-refractivity contribution in [2.24, 2.45) is 0 Å². The maximum atomic E-state index is 5.96. The fraction of sp³-hybridized carbons (Fsp3) is 0.455.